The molecule has 0 spiro atoms. The highest BCUT2D eigenvalue weighted by Gasteiger charge is 2.36. The van der Waals surface area contributed by atoms with E-state index in [0.29, 0.717) is 33.5 Å². The van der Waals surface area contributed by atoms with Crippen LogP contribution in [-0.4, -0.2) is 43.6 Å². The SMILES string of the molecule is COc1cc(Cl)cc2c1NC(=O)[C@@H](CC(=O)O)S[C@@H]2c1cccc(OC)c1OC. The van der Waals surface area contributed by atoms with Crippen molar-refractivity contribution < 1.29 is 28.9 Å². The van der Waals surface area contributed by atoms with Crippen LogP contribution in [0.4, 0.5) is 5.69 Å². The number of halogens is 1. The molecule has 2 aromatic rings. The summed E-state index contributed by atoms with van der Waals surface area (Å²) in [4.78, 5) is 24.1. The third kappa shape index (κ3) is 4.23. The van der Waals surface area contributed by atoms with E-state index < -0.39 is 22.4 Å². The third-order valence-electron chi connectivity index (χ3n) is 4.52. The van der Waals surface area contributed by atoms with Crippen molar-refractivity contribution in [3.63, 3.8) is 0 Å². The Morgan fingerprint density at radius 3 is 2.48 bits per heavy atom. The smallest absolute Gasteiger partial charge is 0.305 e. The van der Waals surface area contributed by atoms with Crippen LogP contribution in [0.15, 0.2) is 30.3 Å². The molecule has 0 saturated carbocycles. The van der Waals surface area contributed by atoms with Gasteiger partial charge in [0, 0.05) is 16.7 Å². The van der Waals surface area contributed by atoms with E-state index in [2.05, 4.69) is 5.32 Å². The summed E-state index contributed by atoms with van der Waals surface area (Å²) in [5.41, 5.74) is 1.87. The van der Waals surface area contributed by atoms with Crippen LogP contribution in [0.1, 0.15) is 22.8 Å². The summed E-state index contributed by atoms with van der Waals surface area (Å²) in [6, 6.07) is 8.76. The molecule has 2 N–H and O–H groups in total. The largest absolute Gasteiger partial charge is 0.495 e. The van der Waals surface area contributed by atoms with E-state index >= 15 is 0 Å². The minimum atomic E-state index is -1.06. The first kappa shape index (κ1) is 21.1. The number of methoxy groups -OCH3 is 3. The fourth-order valence-electron chi connectivity index (χ4n) is 3.27. The number of benzene rings is 2. The lowest BCUT2D eigenvalue weighted by Crippen LogP contribution is -2.26. The van der Waals surface area contributed by atoms with E-state index in [1.165, 1.54) is 33.1 Å². The number of para-hydroxylation sites is 1. The van der Waals surface area contributed by atoms with E-state index in [1.54, 1.807) is 18.2 Å². The molecule has 2 atom stereocenters. The number of ether oxygens (including phenoxy) is 3. The Hall–Kier alpha value is -2.58. The average Bonchev–Trinajstić information content (AvgIpc) is 2.83. The predicted octanol–water partition coefficient (Wildman–Crippen LogP) is 3.98. The van der Waals surface area contributed by atoms with E-state index in [0.717, 1.165) is 5.56 Å². The first-order valence-corrected chi connectivity index (χ1v) is 9.98. The molecule has 0 aromatic heterocycles. The van der Waals surface area contributed by atoms with Crippen LogP contribution in [0.25, 0.3) is 0 Å². The molecule has 2 aromatic carbocycles. The molecular formula is C20H20ClNO6S. The predicted molar refractivity (Wildman–Crippen MR) is 112 cm³/mol. The van der Waals surface area contributed by atoms with Crippen molar-refractivity contribution in [2.45, 2.75) is 16.9 Å². The Kier molecular flexibility index (Phi) is 6.44. The van der Waals surface area contributed by atoms with Gasteiger partial charge in [-0.2, -0.15) is 0 Å². The summed E-state index contributed by atoms with van der Waals surface area (Å²) in [6.07, 6.45) is -0.330. The lowest BCUT2D eigenvalue weighted by atomic mass is 10.0. The van der Waals surface area contributed by atoms with Gasteiger partial charge in [0.25, 0.3) is 0 Å². The van der Waals surface area contributed by atoms with Crippen molar-refractivity contribution in [1.29, 1.82) is 0 Å². The number of anilines is 1. The number of amides is 1. The zero-order chi connectivity index (χ0) is 21.1. The number of nitrogens with one attached hydrogen (secondary N) is 1. The quantitative estimate of drug-likeness (QED) is 0.705. The van der Waals surface area contributed by atoms with E-state index in [4.69, 9.17) is 25.8 Å². The maximum atomic E-state index is 12.8. The molecule has 154 valence electrons. The molecule has 0 radical (unpaired) electrons. The lowest BCUT2D eigenvalue weighted by molar-refractivity contribution is -0.138. The maximum Gasteiger partial charge on any atom is 0.305 e. The first-order valence-electron chi connectivity index (χ1n) is 8.66. The molecule has 0 fully saturated rings. The maximum absolute atomic E-state index is 12.8. The summed E-state index contributed by atoms with van der Waals surface area (Å²) in [5.74, 6) is -0.0573. The number of carbonyl (C=O) groups excluding carboxylic acids is 1. The highest BCUT2D eigenvalue weighted by Crippen LogP contribution is 2.52. The fourth-order valence-corrected chi connectivity index (χ4v) is 4.90. The molecule has 0 aliphatic carbocycles. The standard InChI is InChI=1S/C20H20ClNO6S/c1-26-13-6-4-5-11(18(13)28-3)19-12-7-10(21)8-14(27-2)17(12)22-20(25)15(29-19)9-16(23)24/h4-8,15,19H,9H2,1-3H3,(H,22,25)(H,23,24)/t15-,19-/m1/s1. The Morgan fingerprint density at radius 2 is 1.86 bits per heavy atom. The highest BCUT2D eigenvalue weighted by atomic mass is 35.5. The minimum absolute atomic E-state index is 0.330. The van der Waals surface area contributed by atoms with Gasteiger partial charge in [-0.1, -0.05) is 23.7 Å². The topological polar surface area (TPSA) is 94.1 Å². The number of carboxylic acids is 1. The Morgan fingerprint density at radius 1 is 1.14 bits per heavy atom. The summed E-state index contributed by atoms with van der Waals surface area (Å²) < 4.78 is 16.4. The molecule has 7 nitrogen and oxygen atoms in total. The van der Waals surface area contributed by atoms with Crippen molar-refractivity contribution in [1.82, 2.24) is 0 Å². The second-order valence-electron chi connectivity index (χ2n) is 6.25. The lowest BCUT2D eigenvalue weighted by Gasteiger charge is -2.23. The monoisotopic (exact) mass is 437 g/mol. The van der Waals surface area contributed by atoms with Gasteiger partial charge in [0.1, 0.15) is 5.75 Å². The number of hydrogen-bond donors (Lipinski definition) is 2. The van der Waals surface area contributed by atoms with Gasteiger partial charge in [-0.05, 0) is 17.7 Å². The highest BCUT2D eigenvalue weighted by molar-refractivity contribution is 8.01. The molecule has 1 amide bonds. The zero-order valence-electron chi connectivity index (χ0n) is 16.0. The molecule has 0 bridgehead atoms. The summed E-state index contributed by atoms with van der Waals surface area (Å²) >= 11 is 7.52. The number of fused-ring (bicyclic) bond motifs is 1. The molecule has 29 heavy (non-hydrogen) atoms. The number of thioether (sulfide) groups is 1. The van der Waals surface area contributed by atoms with Crippen LogP contribution < -0.4 is 19.5 Å². The van der Waals surface area contributed by atoms with Crippen molar-refractivity contribution in [3.05, 3.63) is 46.5 Å². The van der Waals surface area contributed by atoms with Crippen molar-refractivity contribution in [2.75, 3.05) is 26.6 Å². The molecule has 1 heterocycles. The van der Waals surface area contributed by atoms with Crippen LogP contribution in [0, 0.1) is 0 Å². The molecule has 1 aliphatic rings. The Bertz CT molecular complexity index is 951. The second kappa shape index (κ2) is 8.84. The van der Waals surface area contributed by atoms with Gasteiger partial charge in [0.05, 0.1) is 43.9 Å². The number of carbonyl (C=O) groups is 2. The van der Waals surface area contributed by atoms with E-state index in [9.17, 15) is 14.7 Å². The van der Waals surface area contributed by atoms with Crippen LogP contribution in [-0.2, 0) is 9.59 Å². The fraction of sp³-hybridized carbons (Fsp3) is 0.300. The van der Waals surface area contributed by atoms with Crippen LogP contribution in [0.3, 0.4) is 0 Å². The number of rotatable bonds is 6. The van der Waals surface area contributed by atoms with Gasteiger partial charge in [-0.25, -0.2) is 0 Å². The number of carboxylic acid groups (broad SMARTS) is 1. The average molecular weight is 438 g/mol. The molecule has 3 rings (SSSR count). The van der Waals surface area contributed by atoms with Gasteiger partial charge in [0.2, 0.25) is 5.91 Å². The van der Waals surface area contributed by atoms with Crippen LogP contribution in [0.5, 0.6) is 17.2 Å². The van der Waals surface area contributed by atoms with Gasteiger partial charge in [-0.15, -0.1) is 11.8 Å². The van der Waals surface area contributed by atoms with E-state index in [-0.39, 0.29) is 6.42 Å². The summed E-state index contributed by atoms with van der Waals surface area (Å²) in [7, 11) is 4.54. The minimum Gasteiger partial charge on any atom is -0.495 e. The molecule has 1 aliphatic heterocycles. The van der Waals surface area contributed by atoms with Gasteiger partial charge in [-0.3, -0.25) is 9.59 Å². The Balaban J connectivity index is 2.25. The Labute approximate surface area is 177 Å². The van der Waals surface area contributed by atoms with Gasteiger partial charge >= 0.3 is 5.97 Å². The van der Waals surface area contributed by atoms with Gasteiger partial charge in [0.15, 0.2) is 11.5 Å². The van der Waals surface area contributed by atoms with Crippen molar-refractivity contribution >= 4 is 40.9 Å². The number of hydrogen-bond acceptors (Lipinski definition) is 6. The third-order valence-corrected chi connectivity index (χ3v) is 6.22. The first-order chi connectivity index (χ1) is 13.9. The number of aliphatic carboxylic acids is 1. The second-order valence-corrected chi connectivity index (χ2v) is 8.00. The summed E-state index contributed by atoms with van der Waals surface area (Å²) in [6.45, 7) is 0. The van der Waals surface area contributed by atoms with Crippen molar-refractivity contribution in [3.8, 4) is 17.2 Å². The molecular weight excluding hydrogens is 418 g/mol. The van der Waals surface area contributed by atoms with Crippen LogP contribution >= 0.6 is 23.4 Å². The van der Waals surface area contributed by atoms with E-state index in [1.807, 2.05) is 12.1 Å². The van der Waals surface area contributed by atoms with Gasteiger partial charge < -0.3 is 24.6 Å². The van der Waals surface area contributed by atoms with Crippen LogP contribution in [0.2, 0.25) is 5.02 Å². The zero-order valence-corrected chi connectivity index (χ0v) is 17.6. The van der Waals surface area contributed by atoms with Crippen molar-refractivity contribution in [2.24, 2.45) is 0 Å². The molecule has 0 unspecified atom stereocenters. The normalized spacial score (nSPS) is 18.3. The molecule has 9 heteroatoms. The molecule has 0 saturated heterocycles. The summed E-state index contributed by atoms with van der Waals surface area (Å²) in [5, 5.41) is 11.3.